The number of benzene rings is 1. The van der Waals surface area contributed by atoms with Crippen molar-refractivity contribution in [3.05, 3.63) is 29.8 Å². The van der Waals surface area contributed by atoms with Crippen LogP contribution in [0.15, 0.2) is 29.3 Å². The van der Waals surface area contributed by atoms with Crippen LogP contribution in [0.5, 0.6) is 0 Å². The Morgan fingerprint density at radius 1 is 1.04 bits per heavy atom. The van der Waals surface area contributed by atoms with E-state index in [9.17, 15) is 0 Å². The van der Waals surface area contributed by atoms with Crippen molar-refractivity contribution in [2.75, 3.05) is 25.2 Å². The average molecular weight is 408 g/mol. The molecule has 1 aromatic rings. The Hall–Kier alpha value is -0.580. The molecule has 0 bridgehead atoms. The number of unbranched alkanes of at least 4 members (excludes halogenated alkanes) is 3. The van der Waals surface area contributed by atoms with Crippen LogP contribution in [0.25, 0.3) is 0 Å². The number of aliphatic imine (C=N–C) groups is 1. The van der Waals surface area contributed by atoms with Crippen molar-refractivity contribution in [2.45, 2.75) is 32.1 Å². The van der Waals surface area contributed by atoms with Gasteiger partial charge >= 0.3 is 10.4 Å². The van der Waals surface area contributed by atoms with Crippen molar-refractivity contribution >= 4 is 44.0 Å². The van der Waals surface area contributed by atoms with E-state index < -0.39 is 10.4 Å². The maximum atomic E-state index is 8.74. The molecule has 1 saturated heterocycles. The van der Waals surface area contributed by atoms with Crippen LogP contribution in [0.2, 0.25) is 0 Å². The lowest BCUT2D eigenvalue weighted by Crippen LogP contribution is -1.90. The second-order valence-corrected chi connectivity index (χ2v) is 8.67. The lowest BCUT2D eigenvalue weighted by Gasteiger charge is -2.03. The third-order valence-corrected chi connectivity index (χ3v) is 5.71. The van der Waals surface area contributed by atoms with Crippen molar-refractivity contribution in [1.82, 2.24) is 0 Å². The van der Waals surface area contributed by atoms with Crippen molar-refractivity contribution in [3.8, 4) is 0 Å². The first-order chi connectivity index (χ1) is 11.9. The highest BCUT2D eigenvalue weighted by atomic mass is 32.3. The summed E-state index contributed by atoms with van der Waals surface area (Å²) in [6.07, 6.45) is 6.19. The number of hydrogen-bond donors (Lipinski definition) is 2. The van der Waals surface area contributed by atoms with E-state index in [1.54, 1.807) is 7.11 Å². The largest absolute Gasteiger partial charge is 0.394 e. The van der Waals surface area contributed by atoms with Gasteiger partial charge in [0.25, 0.3) is 0 Å². The Morgan fingerprint density at radius 3 is 2.16 bits per heavy atom. The van der Waals surface area contributed by atoms with Gasteiger partial charge in [-0.1, -0.05) is 48.5 Å². The van der Waals surface area contributed by atoms with Gasteiger partial charge < -0.3 is 4.74 Å². The second-order valence-electron chi connectivity index (χ2n) is 5.35. The summed E-state index contributed by atoms with van der Waals surface area (Å²) in [6.45, 7) is 0.894. The van der Waals surface area contributed by atoms with Gasteiger partial charge in [-0.25, -0.2) is 4.99 Å². The maximum Gasteiger partial charge on any atom is 0.394 e. The summed E-state index contributed by atoms with van der Waals surface area (Å²) in [6, 6.07) is 8.73. The van der Waals surface area contributed by atoms with Gasteiger partial charge in [0.05, 0.1) is 5.69 Å². The molecule has 1 aliphatic heterocycles. The van der Waals surface area contributed by atoms with Crippen molar-refractivity contribution in [1.29, 1.82) is 0 Å². The van der Waals surface area contributed by atoms with Crippen LogP contribution >= 0.6 is 23.5 Å². The number of thioether (sulfide) groups is 2. The molecule has 0 atom stereocenters. The van der Waals surface area contributed by atoms with Crippen LogP contribution < -0.4 is 0 Å². The van der Waals surface area contributed by atoms with E-state index in [-0.39, 0.29) is 0 Å². The zero-order chi connectivity index (χ0) is 18.5. The van der Waals surface area contributed by atoms with Gasteiger partial charge in [0, 0.05) is 25.2 Å². The molecular weight excluding hydrogens is 382 g/mol. The molecule has 142 valence electrons. The monoisotopic (exact) mass is 407 g/mol. The van der Waals surface area contributed by atoms with E-state index in [1.807, 2.05) is 23.5 Å². The Balaban J connectivity index is 0.000000550. The Kier molecular flexibility index (Phi) is 11.4. The van der Waals surface area contributed by atoms with Gasteiger partial charge in [-0.2, -0.15) is 8.42 Å². The molecular formula is C16H25NO5S3. The fraction of sp³-hybridized carbons (Fsp3) is 0.562. The first-order valence-electron chi connectivity index (χ1n) is 8.00. The van der Waals surface area contributed by atoms with Gasteiger partial charge in [-0.3, -0.25) is 9.11 Å². The van der Waals surface area contributed by atoms with Gasteiger partial charge in [-0.15, -0.1) is 0 Å². The number of hydrogen-bond acceptors (Lipinski definition) is 6. The molecule has 1 aromatic carbocycles. The van der Waals surface area contributed by atoms with E-state index in [4.69, 9.17) is 22.3 Å². The van der Waals surface area contributed by atoms with Crippen LogP contribution in [0.1, 0.15) is 31.2 Å². The summed E-state index contributed by atoms with van der Waals surface area (Å²) in [7, 11) is -2.90. The summed E-state index contributed by atoms with van der Waals surface area (Å²) in [5, 5.41) is 0. The molecule has 6 nitrogen and oxygen atoms in total. The third-order valence-electron chi connectivity index (χ3n) is 3.26. The van der Waals surface area contributed by atoms with Crippen LogP contribution in [0, 0.1) is 0 Å². The summed E-state index contributed by atoms with van der Waals surface area (Å²) in [5.41, 5.74) is 2.51. The van der Waals surface area contributed by atoms with E-state index in [0.717, 1.165) is 12.3 Å². The zero-order valence-electron chi connectivity index (χ0n) is 14.3. The zero-order valence-corrected chi connectivity index (χ0v) is 16.7. The summed E-state index contributed by atoms with van der Waals surface area (Å²) < 4.78 is 37.9. The molecule has 0 aliphatic carbocycles. The normalized spacial score (nSPS) is 14.1. The SMILES string of the molecule is COCCCCCCc1ccc(N=C2SCCS2)cc1.O=S(=O)(O)O. The molecule has 1 fully saturated rings. The highest BCUT2D eigenvalue weighted by Gasteiger charge is 2.09. The Bertz CT molecular complexity index is 601. The Morgan fingerprint density at radius 2 is 1.60 bits per heavy atom. The smallest absolute Gasteiger partial charge is 0.385 e. The molecule has 0 amide bonds. The van der Waals surface area contributed by atoms with Gasteiger partial charge in [0.1, 0.15) is 4.38 Å². The number of aryl methyl sites for hydroxylation is 1. The molecule has 0 radical (unpaired) electrons. The molecule has 2 N–H and O–H groups in total. The minimum Gasteiger partial charge on any atom is -0.385 e. The summed E-state index contributed by atoms with van der Waals surface area (Å²) in [5.74, 6) is 2.40. The van der Waals surface area contributed by atoms with Crippen molar-refractivity contribution in [2.24, 2.45) is 4.99 Å². The minimum atomic E-state index is -4.67. The highest BCUT2D eigenvalue weighted by Crippen LogP contribution is 2.29. The van der Waals surface area contributed by atoms with Crippen molar-refractivity contribution < 1.29 is 22.3 Å². The Labute approximate surface area is 158 Å². The molecule has 25 heavy (non-hydrogen) atoms. The van der Waals surface area contributed by atoms with Gasteiger partial charge in [-0.05, 0) is 37.0 Å². The fourth-order valence-electron chi connectivity index (χ4n) is 2.14. The predicted molar refractivity (Wildman–Crippen MR) is 107 cm³/mol. The highest BCUT2D eigenvalue weighted by molar-refractivity contribution is 8.41. The molecule has 1 heterocycles. The van der Waals surface area contributed by atoms with E-state index in [1.165, 1.54) is 53.5 Å². The van der Waals surface area contributed by atoms with Gasteiger partial charge in [0.15, 0.2) is 0 Å². The van der Waals surface area contributed by atoms with Crippen LogP contribution in [-0.2, 0) is 21.6 Å². The number of methoxy groups -OCH3 is 1. The standard InChI is InChI=1S/C16H23NOS2.H2O4S/c1-18-11-5-3-2-4-6-14-7-9-15(10-8-14)17-16-19-12-13-20-16;1-5(2,3)4/h7-10H,2-6,11-13H2,1H3;(H2,1,2,3,4). The molecule has 1 aliphatic rings. The average Bonchev–Trinajstić information content (AvgIpc) is 3.04. The molecule has 0 spiro atoms. The third kappa shape index (κ3) is 13.3. The minimum absolute atomic E-state index is 0.894. The number of rotatable bonds is 8. The summed E-state index contributed by atoms with van der Waals surface area (Å²) >= 11 is 3.73. The van der Waals surface area contributed by atoms with Crippen LogP contribution in [0.4, 0.5) is 5.69 Å². The number of nitrogens with zero attached hydrogens (tertiary/aromatic N) is 1. The number of ether oxygens (including phenoxy) is 1. The topological polar surface area (TPSA) is 96.2 Å². The van der Waals surface area contributed by atoms with E-state index in [2.05, 4.69) is 29.3 Å². The summed E-state index contributed by atoms with van der Waals surface area (Å²) in [4.78, 5) is 4.66. The second kappa shape index (κ2) is 12.7. The first kappa shape index (κ1) is 22.5. The molecule has 0 saturated carbocycles. The van der Waals surface area contributed by atoms with Crippen molar-refractivity contribution in [3.63, 3.8) is 0 Å². The molecule has 2 rings (SSSR count). The molecule has 9 heteroatoms. The quantitative estimate of drug-likeness (QED) is 0.491. The maximum absolute atomic E-state index is 8.74. The predicted octanol–water partition coefficient (Wildman–Crippen LogP) is 4.25. The lowest BCUT2D eigenvalue weighted by molar-refractivity contribution is 0.192. The van der Waals surface area contributed by atoms with Gasteiger partial charge in [0.2, 0.25) is 0 Å². The first-order valence-corrected chi connectivity index (χ1v) is 11.4. The molecule has 0 aromatic heterocycles. The fourth-order valence-corrected chi connectivity index (χ4v) is 4.32. The molecule has 0 unspecified atom stereocenters. The van der Waals surface area contributed by atoms with E-state index in [0.29, 0.717) is 0 Å². The van der Waals surface area contributed by atoms with E-state index >= 15 is 0 Å². The van der Waals surface area contributed by atoms with Crippen LogP contribution in [0.3, 0.4) is 0 Å². The van der Waals surface area contributed by atoms with Crippen LogP contribution in [-0.4, -0.2) is 47.1 Å². The lowest BCUT2D eigenvalue weighted by atomic mass is 10.1.